The van der Waals surface area contributed by atoms with E-state index in [1.54, 1.807) is 20.8 Å². The number of carbonyl (C=O) groups is 1. The summed E-state index contributed by atoms with van der Waals surface area (Å²) in [5, 5.41) is 12.6. The zero-order valence-electron chi connectivity index (χ0n) is 22.0. The van der Waals surface area contributed by atoms with Crippen molar-refractivity contribution in [1.82, 2.24) is 9.71 Å². The molecule has 1 heterocycles. The van der Waals surface area contributed by atoms with Gasteiger partial charge < -0.3 is 9.84 Å². The number of hydrogen-bond donors (Lipinski definition) is 3. The molecule has 1 amide bonds. The third kappa shape index (κ3) is 9.10. The molecule has 9 nitrogen and oxygen atoms in total. The van der Waals surface area contributed by atoms with Gasteiger partial charge in [0, 0.05) is 30.8 Å². The molecule has 0 spiro atoms. The van der Waals surface area contributed by atoms with Gasteiger partial charge in [-0.05, 0) is 58.7 Å². The van der Waals surface area contributed by atoms with Crippen molar-refractivity contribution in [2.24, 2.45) is 10.9 Å². The second kappa shape index (κ2) is 12.6. The number of anilines is 1. The number of rotatable bonds is 8. The monoisotopic (exact) mass is 568 g/mol. The molecule has 0 bridgehead atoms. The molecule has 1 aromatic heterocycles. The van der Waals surface area contributed by atoms with E-state index in [-0.39, 0.29) is 30.1 Å². The normalized spacial score (nSPS) is 19.3. The fraction of sp³-hybridized carbons (Fsp3) is 0.500. The van der Waals surface area contributed by atoms with Crippen molar-refractivity contribution in [3.8, 4) is 24.2 Å². The highest BCUT2D eigenvalue weighted by Crippen LogP contribution is 2.42. The topological polar surface area (TPSA) is 130 Å². The van der Waals surface area contributed by atoms with Gasteiger partial charge in [-0.3, -0.25) is 10.3 Å². The number of pyridine rings is 1. The smallest absolute Gasteiger partial charge is 0.418 e. The molecule has 0 saturated heterocycles. The predicted octanol–water partition coefficient (Wildman–Crippen LogP) is 3.82. The molecule has 13 heteroatoms. The van der Waals surface area contributed by atoms with Crippen LogP contribution in [0.5, 0.6) is 0 Å². The molecule has 2 rings (SSSR count). The largest absolute Gasteiger partial charge is 0.444 e. The summed E-state index contributed by atoms with van der Waals surface area (Å²) in [7, 11) is -4.03. The van der Waals surface area contributed by atoms with E-state index < -0.39 is 51.9 Å². The molecule has 39 heavy (non-hydrogen) atoms. The molecule has 0 saturated carbocycles. The van der Waals surface area contributed by atoms with Gasteiger partial charge in [0.1, 0.15) is 22.4 Å². The van der Waals surface area contributed by atoms with Crippen molar-refractivity contribution < 1.29 is 36.2 Å². The Morgan fingerprint density at radius 3 is 2.51 bits per heavy atom. The predicted molar refractivity (Wildman–Crippen MR) is 140 cm³/mol. The summed E-state index contributed by atoms with van der Waals surface area (Å²) in [5.74, 6) is 6.14. The lowest BCUT2D eigenvalue weighted by Crippen LogP contribution is -2.51. The molecule has 0 fully saturated rings. The van der Waals surface area contributed by atoms with Crippen LogP contribution in [0.1, 0.15) is 47.0 Å². The van der Waals surface area contributed by atoms with E-state index in [0.29, 0.717) is 5.71 Å². The maximum absolute atomic E-state index is 13.5. The van der Waals surface area contributed by atoms with Crippen LogP contribution in [-0.4, -0.2) is 60.3 Å². The average Bonchev–Trinajstić information content (AvgIpc) is 2.82. The second-order valence-electron chi connectivity index (χ2n) is 9.70. The first-order chi connectivity index (χ1) is 18.0. The molecular formula is C26H31F3N4O5S. The van der Waals surface area contributed by atoms with E-state index in [1.807, 2.05) is 5.92 Å². The first-order valence-electron chi connectivity index (χ1n) is 11.9. The fourth-order valence-electron chi connectivity index (χ4n) is 3.60. The minimum Gasteiger partial charge on any atom is -0.444 e. The lowest BCUT2D eigenvalue weighted by Gasteiger charge is -2.36. The third-order valence-corrected chi connectivity index (χ3v) is 6.89. The molecule has 1 aromatic rings. The van der Waals surface area contributed by atoms with E-state index in [9.17, 15) is 31.5 Å². The Hall–Kier alpha value is -3.39. The Morgan fingerprint density at radius 2 is 2.03 bits per heavy atom. The van der Waals surface area contributed by atoms with E-state index in [4.69, 9.17) is 11.2 Å². The number of halogens is 3. The standard InChI is InChI=1S/C26H31F3N4O5S/c1-6-8-20(32-19-11-9-18(10-12-19)25(35,15-7-2)26(27,28)29)16-31-39(36,37)21-13-14-22(30-17-21)33-23(34)38-24(3,4)5/h2,9,11,13-14,17-18,20,31,35H,10,12,15-16H2,1,3-5H3,(H,30,33,34). The van der Waals surface area contributed by atoms with Crippen molar-refractivity contribution in [2.75, 3.05) is 11.9 Å². The van der Waals surface area contributed by atoms with Gasteiger partial charge in [-0.25, -0.2) is 22.9 Å². The number of nitrogens with zero attached hydrogens (tertiary/aromatic N) is 2. The summed E-state index contributed by atoms with van der Waals surface area (Å²) in [6.45, 7) is 6.40. The zero-order chi connectivity index (χ0) is 29.5. The number of nitrogens with one attached hydrogen (secondary N) is 2. The lowest BCUT2D eigenvalue weighted by molar-refractivity contribution is -0.272. The van der Waals surface area contributed by atoms with Crippen LogP contribution in [-0.2, 0) is 14.8 Å². The minimum atomic E-state index is -4.91. The first kappa shape index (κ1) is 31.8. The molecule has 1 aliphatic carbocycles. The Kier molecular flexibility index (Phi) is 10.3. The van der Waals surface area contributed by atoms with Crippen LogP contribution in [0.3, 0.4) is 0 Å². The van der Waals surface area contributed by atoms with Gasteiger partial charge in [-0.15, -0.1) is 18.3 Å². The summed E-state index contributed by atoms with van der Waals surface area (Å²) >= 11 is 0. The van der Waals surface area contributed by atoms with E-state index in [1.165, 1.54) is 31.2 Å². The Bertz CT molecular complexity index is 1300. The summed E-state index contributed by atoms with van der Waals surface area (Å²) in [4.78, 5) is 20.0. The average molecular weight is 569 g/mol. The van der Waals surface area contributed by atoms with Gasteiger partial charge in [-0.2, -0.15) is 13.2 Å². The van der Waals surface area contributed by atoms with Crippen LogP contribution in [0.15, 0.2) is 40.4 Å². The van der Waals surface area contributed by atoms with Crippen LogP contribution in [0.4, 0.5) is 23.8 Å². The second-order valence-corrected chi connectivity index (χ2v) is 11.5. The molecule has 3 N–H and O–H groups in total. The van der Waals surface area contributed by atoms with Gasteiger partial charge in [0.25, 0.3) is 0 Å². The SMILES string of the molecule is C#CCC(O)(C1C=CC(=NC(C#CC)CNS(=O)(=O)c2ccc(NC(=O)OC(C)(C)C)nc2)CC1)C(F)(F)F. The zero-order valence-corrected chi connectivity index (χ0v) is 22.8. The molecule has 3 unspecified atom stereocenters. The highest BCUT2D eigenvalue weighted by Gasteiger charge is 2.57. The van der Waals surface area contributed by atoms with Gasteiger partial charge >= 0.3 is 12.3 Å². The highest BCUT2D eigenvalue weighted by atomic mass is 32.2. The molecule has 0 aliphatic heterocycles. The summed E-state index contributed by atoms with van der Waals surface area (Å²) in [6, 6.07) is 1.72. The summed E-state index contributed by atoms with van der Waals surface area (Å²) in [5.41, 5.74) is -3.36. The number of sulfonamides is 1. The van der Waals surface area contributed by atoms with Crippen LogP contribution in [0.2, 0.25) is 0 Å². The summed E-state index contributed by atoms with van der Waals surface area (Å²) in [6.07, 6.45) is 2.20. The number of hydrogen-bond acceptors (Lipinski definition) is 7. The van der Waals surface area contributed by atoms with Crippen molar-refractivity contribution in [3.05, 3.63) is 30.5 Å². The maximum Gasteiger partial charge on any atom is 0.418 e. The van der Waals surface area contributed by atoms with E-state index in [2.05, 4.69) is 31.9 Å². The maximum atomic E-state index is 13.5. The van der Waals surface area contributed by atoms with Crippen LogP contribution in [0, 0.1) is 30.1 Å². The number of aromatic nitrogens is 1. The van der Waals surface area contributed by atoms with E-state index >= 15 is 0 Å². The number of carbonyl (C=O) groups excluding carboxylic acids is 1. The van der Waals surface area contributed by atoms with Gasteiger partial charge in [0.2, 0.25) is 10.0 Å². The third-order valence-electron chi connectivity index (χ3n) is 5.48. The fourth-order valence-corrected chi connectivity index (χ4v) is 4.58. The Balaban J connectivity index is 2.09. The summed E-state index contributed by atoms with van der Waals surface area (Å²) < 4.78 is 73.3. The molecular weight excluding hydrogens is 537 g/mol. The Morgan fingerprint density at radius 1 is 1.33 bits per heavy atom. The number of aliphatic hydroxyl groups is 1. The Labute approximate surface area is 226 Å². The first-order valence-corrected chi connectivity index (χ1v) is 13.3. The number of aliphatic imine (C=N–C) groups is 1. The minimum absolute atomic E-state index is 0.0552. The van der Waals surface area contributed by atoms with Crippen LogP contribution in [0.25, 0.3) is 0 Å². The van der Waals surface area contributed by atoms with Crippen molar-refractivity contribution >= 4 is 27.6 Å². The van der Waals surface area contributed by atoms with Crippen LogP contribution < -0.4 is 10.0 Å². The number of allylic oxidation sites excluding steroid dienone is 1. The number of alkyl halides is 3. The van der Waals surface area contributed by atoms with Gasteiger partial charge in [-0.1, -0.05) is 12.0 Å². The molecule has 1 aliphatic rings. The van der Waals surface area contributed by atoms with Gasteiger partial charge in [0.05, 0.1) is 0 Å². The quantitative estimate of drug-likeness (QED) is 0.409. The highest BCUT2D eigenvalue weighted by molar-refractivity contribution is 7.89. The van der Waals surface area contributed by atoms with E-state index in [0.717, 1.165) is 6.20 Å². The lowest BCUT2D eigenvalue weighted by atomic mass is 9.78. The number of amides is 1. The van der Waals surface area contributed by atoms with Crippen molar-refractivity contribution in [3.63, 3.8) is 0 Å². The van der Waals surface area contributed by atoms with Crippen molar-refractivity contribution in [1.29, 1.82) is 0 Å². The molecule has 0 radical (unpaired) electrons. The van der Waals surface area contributed by atoms with Crippen LogP contribution >= 0.6 is 0 Å². The number of terminal acetylenes is 1. The number of ether oxygens (including phenoxy) is 1. The van der Waals surface area contributed by atoms with Gasteiger partial charge in [0.15, 0.2) is 5.60 Å². The molecule has 3 atom stereocenters. The molecule has 0 aromatic carbocycles. The molecule has 212 valence electrons. The van der Waals surface area contributed by atoms with Crippen molar-refractivity contribution in [2.45, 2.75) is 75.3 Å².